The molecule has 0 aromatic heterocycles. The van der Waals surface area contributed by atoms with Crippen LogP contribution in [0.5, 0.6) is 0 Å². The normalized spacial score (nSPS) is 32.2. The highest BCUT2D eigenvalue weighted by atomic mass is 16.5. The average molecular weight is 230 g/mol. The van der Waals surface area contributed by atoms with E-state index in [1.54, 1.807) is 0 Å². The van der Waals surface area contributed by atoms with Crippen LogP contribution in [0.3, 0.4) is 0 Å². The second-order valence-electron chi connectivity index (χ2n) is 5.41. The van der Waals surface area contributed by atoms with E-state index < -0.39 is 0 Å². The molecule has 0 aromatic rings. The Morgan fingerprint density at radius 3 is 2.71 bits per heavy atom. The monoisotopic (exact) mass is 230 g/mol. The van der Waals surface area contributed by atoms with E-state index in [0.717, 1.165) is 24.8 Å². The molecule has 0 saturated carbocycles. The van der Waals surface area contributed by atoms with E-state index >= 15 is 0 Å². The number of allylic oxidation sites excluding steroid dienone is 2. The Labute approximate surface area is 102 Å². The maximum atomic E-state index is 11.7. The summed E-state index contributed by atoms with van der Waals surface area (Å²) in [7, 11) is 0. The van der Waals surface area contributed by atoms with Crippen molar-refractivity contribution in [2.75, 3.05) is 0 Å². The number of carbonyl (C=O) groups is 1. The lowest BCUT2D eigenvalue weighted by molar-refractivity contribution is -0.140. The molecule has 2 nitrogen and oxygen atoms in total. The van der Waals surface area contributed by atoms with Crippen LogP contribution in [0.2, 0.25) is 0 Å². The number of esters is 1. The van der Waals surface area contributed by atoms with Gasteiger partial charge in [0.25, 0.3) is 0 Å². The Balaban J connectivity index is 2.09. The quantitative estimate of drug-likeness (QED) is 0.471. The summed E-state index contributed by atoms with van der Waals surface area (Å²) in [5.41, 5.74) is 6.44. The van der Waals surface area contributed by atoms with Gasteiger partial charge in [-0.1, -0.05) is 22.8 Å². The minimum Gasteiger partial charge on any atom is -0.453 e. The van der Waals surface area contributed by atoms with Gasteiger partial charge in [-0.15, -0.1) is 0 Å². The molecule has 0 spiro atoms. The Morgan fingerprint density at radius 2 is 1.94 bits per heavy atom. The Bertz CT molecular complexity index is 491. The van der Waals surface area contributed by atoms with Crippen LogP contribution in [0, 0.1) is 5.92 Å². The molecule has 0 fully saturated rings. The topological polar surface area (TPSA) is 26.3 Å². The largest absolute Gasteiger partial charge is 0.453 e. The van der Waals surface area contributed by atoms with Gasteiger partial charge < -0.3 is 4.74 Å². The highest BCUT2D eigenvalue weighted by Gasteiger charge is 2.42. The summed E-state index contributed by atoms with van der Waals surface area (Å²) in [6.45, 7) is 6.30. The zero-order valence-electron chi connectivity index (χ0n) is 10.7. The molecule has 0 saturated heterocycles. The molecule has 0 bridgehead atoms. The minimum atomic E-state index is -0.108. The number of fused-ring (bicyclic) bond motifs is 3. The first-order valence-electron chi connectivity index (χ1n) is 6.35. The Morgan fingerprint density at radius 1 is 1.18 bits per heavy atom. The molecule has 0 amide bonds. The summed E-state index contributed by atoms with van der Waals surface area (Å²) >= 11 is 0. The SMILES string of the molecule is CC1=CCC2=C(C)CCC3=C(C)C(=O)O[C@@H]3[C@@H]12. The molecule has 1 aliphatic heterocycles. The zero-order chi connectivity index (χ0) is 12.2. The smallest absolute Gasteiger partial charge is 0.334 e. The summed E-state index contributed by atoms with van der Waals surface area (Å²) in [5.74, 6) is 0.220. The third-order valence-corrected chi connectivity index (χ3v) is 4.50. The van der Waals surface area contributed by atoms with Gasteiger partial charge in [0, 0.05) is 11.5 Å². The van der Waals surface area contributed by atoms with E-state index in [-0.39, 0.29) is 12.1 Å². The van der Waals surface area contributed by atoms with E-state index in [4.69, 9.17) is 4.74 Å². The molecule has 2 aliphatic carbocycles. The van der Waals surface area contributed by atoms with Crippen LogP contribution in [0.1, 0.15) is 40.0 Å². The van der Waals surface area contributed by atoms with Crippen LogP contribution >= 0.6 is 0 Å². The van der Waals surface area contributed by atoms with Gasteiger partial charge in [-0.05, 0) is 45.6 Å². The summed E-state index contributed by atoms with van der Waals surface area (Å²) in [4.78, 5) is 11.7. The first-order chi connectivity index (χ1) is 8.09. The van der Waals surface area contributed by atoms with Crippen molar-refractivity contribution in [3.63, 3.8) is 0 Å². The lowest BCUT2D eigenvalue weighted by Crippen LogP contribution is -2.23. The first-order valence-corrected chi connectivity index (χ1v) is 6.35. The maximum absolute atomic E-state index is 11.7. The number of rotatable bonds is 0. The van der Waals surface area contributed by atoms with Crippen LogP contribution in [0.15, 0.2) is 33.9 Å². The molecule has 0 unspecified atom stereocenters. The third-order valence-electron chi connectivity index (χ3n) is 4.50. The fourth-order valence-electron chi connectivity index (χ4n) is 3.36. The lowest BCUT2D eigenvalue weighted by Gasteiger charge is -2.22. The fourth-order valence-corrected chi connectivity index (χ4v) is 3.36. The summed E-state index contributed by atoms with van der Waals surface area (Å²) in [6, 6.07) is 0. The minimum absolute atomic E-state index is 0.00583. The van der Waals surface area contributed by atoms with E-state index in [1.807, 2.05) is 6.92 Å². The standard InChI is InChI=1S/C15H18O2/c1-8-4-7-12-10(3)15(16)17-14(12)13-9(2)5-6-11(8)13/h5,13-14H,4,6-7H2,1-3H3/t13-,14-/m0/s1. The highest BCUT2D eigenvalue weighted by molar-refractivity contribution is 5.92. The van der Waals surface area contributed by atoms with Gasteiger partial charge in [-0.25, -0.2) is 4.79 Å². The van der Waals surface area contributed by atoms with Gasteiger partial charge in [-0.2, -0.15) is 0 Å². The molecular weight excluding hydrogens is 212 g/mol. The molecule has 0 N–H and O–H groups in total. The second-order valence-corrected chi connectivity index (χ2v) is 5.41. The molecule has 0 radical (unpaired) electrons. The lowest BCUT2D eigenvalue weighted by atomic mass is 9.87. The number of ether oxygens (including phenoxy) is 1. The van der Waals surface area contributed by atoms with Gasteiger partial charge in [0.05, 0.1) is 0 Å². The average Bonchev–Trinajstić information content (AvgIpc) is 2.75. The fraction of sp³-hybridized carbons (Fsp3) is 0.533. The number of carbonyl (C=O) groups excluding carboxylic acids is 1. The first kappa shape index (κ1) is 10.8. The van der Waals surface area contributed by atoms with Crippen molar-refractivity contribution in [2.45, 2.75) is 46.1 Å². The van der Waals surface area contributed by atoms with Crippen LogP contribution in [0.25, 0.3) is 0 Å². The molecular formula is C15H18O2. The summed E-state index contributed by atoms with van der Waals surface area (Å²) in [6.07, 6.45) is 5.39. The maximum Gasteiger partial charge on any atom is 0.334 e. The molecule has 3 aliphatic rings. The Kier molecular flexibility index (Phi) is 2.29. The summed E-state index contributed by atoms with van der Waals surface area (Å²) in [5, 5.41) is 0. The third kappa shape index (κ3) is 1.43. The van der Waals surface area contributed by atoms with Gasteiger partial charge in [0.1, 0.15) is 6.10 Å². The number of hydrogen-bond acceptors (Lipinski definition) is 2. The molecule has 1 heterocycles. The van der Waals surface area contributed by atoms with Crippen molar-refractivity contribution in [3.05, 3.63) is 33.9 Å². The van der Waals surface area contributed by atoms with Gasteiger partial charge in [0.2, 0.25) is 0 Å². The summed E-state index contributed by atoms with van der Waals surface area (Å²) < 4.78 is 5.60. The van der Waals surface area contributed by atoms with Crippen LogP contribution < -0.4 is 0 Å². The van der Waals surface area contributed by atoms with E-state index in [2.05, 4.69) is 19.9 Å². The van der Waals surface area contributed by atoms with E-state index in [0.29, 0.717) is 5.92 Å². The zero-order valence-corrected chi connectivity index (χ0v) is 10.7. The van der Waals surface area contributed by atoms with Crippen LogP contribution in [-0.4, -0.2) is 12.1 Å². The second kappa shape index (κ2) is 3.59. The van der Waals surface area contributed by atoms with Crippen molar-refractivity contribution in [2.24, 2.45) is 5.92 Å². The van der Waals surface area contributed by atoms with E-state index in [9.17, 15) is 4.79 Å². The van der Waals surface area contributed by atoms with Crippen molar-refractivity contribution in [1.29, 1.82) is 0 Å². The van der Waals surface area contributed by atoms with Crippen LogP contribution in [-0.2, 0) is 9.53 Å². The van der Waals surface area contributed by atoms with Crippen molar-refractivity contribution >= 4 is 5.97 Å². The molecule has 90 valence electrons. The molecule has 2 atom stereocenters. The van der Waals surface area contributed by atoms with Gasteiger partial charge >= 0.3 is 5.97 Å². The Hall–Kier alpha value is -1.31. The predicted molar refractivity (Wildman–Crippen MR) is 66.4 cm³/mol. The highest BCUT2D eigenvalue weighted by Crippen LogP contribution is 2.46. The molecule has 3 rings (SSSR count). The van der Waals surface area contributed by atoms with Crippen LogP contribution in [0.4, 0.5) is 0 Å². The van der Waals surface area contributed by atoms with Gasteiger partial charge in [0.15, 0.2) is 0 Å². The van der Waals surface area contributed by atoms with Gasteiger partial charge in [-0.3, -0.25) is 0 Å². The molecule has 0 aromatic carbocycles. The van der Waals surface area contributed by atoms with Crippen molar-refractivity contribution in [1.82, 2.24) is 0 Å². The molecule has 2 heteroatoms. The van der Waals surface area contributed by atoms with Crippen molar-refractivity contribution in [3.8, 4) is 0 Å². The van der Waals surface area contributed by atoms with E-state index in [1.165, 1.54) is 22.3 Å². The number of hydrogen-bond donors (Lipinski definition) is 0. The van der Waals surface area contributed by atoms with Crippen molar-refractivity contribution < 1.29 is 9.53 Å². The molecule has 17 heavy (non-hydrogen) atoms. The predicted octanol–water partition coefficient (Wildman–Crippen LogP) is 3.30.